The van der Waals surface area contributed by atoms with Crippen LogP contribution < -0.4 is 0 Å². The second kappa shape index (κ2) is 5.28. The van der Waals surface area contributed by atoms with Crippen LogP contribution in [0.25, 0.3) is 0 Å². The average Bonchev–Trinajstić information content (AvgIpc) is 2.16. The van der Waals surface area contributed by atoms with Crippen LogP contribution in [0.15, 0.2) is 0 Å². The molecule has 0 aromatic carbocycles. The van der Waals surface area contributed by atoms with Gasteiger partial charge in [0.25, 0.3) is 10.1 Å². The highest BCUT2D eigenvalue weighted by molar-refractivity contribution is 7.86. The van der Waals surface area contributed by atoms with Crippen molar-refractivity contribution in [1.82, 2.24) is 4.90 Å². The van der Waals surface area contributed by atoms with E-state index in [1.54, 1.807) is 0 Å². The fourth-order valence-corrected chi connectivity index (χ4v) is 3.71. The number of hydrogen-bond donors (Lipinski definition) is 1. The standard InChI is InChI=1S/C12H23NO5S/c1-8-9(18-19(5,16)17)6-7-13(11(14)15)10(8)12(2,3)4/h8-10H,6-7H2,1-5H3,(H,14,15). The average molecular weight is 293 g/mol. The number of piperidine rings is 1. The number of carboxylic acid groups (broad SMARTS) is 1. The monoisotopic (exact) mass is 293 g/mol. The van der Waals surface area contributed by atoms with Gasteiger partial charge in [-0.05, 0) is 11.8 Å². The lowest BCUT2D eigenvalue weighted by molar-refractivity contribution is -0.0270. The van der Waals surface area contributed by atoms with E-state index in [4.69, 9.17) is 4.18 Å². The van der Waals surface area contributed by atoms with Gasteiger partial charge in [-0.1, -0.05) is 27.7 Å². The molecule has 1 heterocycles. The van der Waals surface area contributed by atoms with E-state index in [-0.39, 0.29) is 17.4 Å². The minimum atomic E-state index is -3.53. The Morgan fingerprint density at radius 3 is 2.26 bits per heavy atom. The molecule has 0 spiro atoms. The SMILES string of the molecule is CC1C(OS(C)(=O)=O)CCN(C(=O)O)C1C(C)(C)C. The molecule has 112 valence electrons. The third kappa shape index (κ3) is 4.07. The molecular weight excluding hydrogens is 270 g/mol. The van der Waals surface area contributed by atoms with E-state index in [1.807, 2.05) is 27.7 Å². The van der Waals surface area contributed by atoms with Gasteiger partial charge in [0.2, 0.25) is 0 Å². The Kier molecular flexibility index (Phi) is 4.51. The zero-order valence-corrected chi connectivity index (χ0v) is 12.9. The van der Waals surface area contributed by atoms with Crippen molar-refractivity contribution in [3.8, 4) is 0 Å². The summed E-state index contributed by atoms with van der Waals surface area (Å²) in [5.74, 6) is -0.181. The van der Waals surface area contributed by atoms with E-state index >= 15 is 0 Å². The summed E-state index contributed by atoms with van der Waals surface area (Å²) < 4.78 is 27.6. The normalized spacial score (nSPS) is 29.3. The highest BCUT2D eigenvalue weighted by atomic mass is 32.2. The van der Waals surface area contributed by atoms with E-state index in [0.29, 0.717) is 13.0 Å². The summed E-state index contributed by atoms with van der Waals surface area (Å²) >= 11 is 0. The van der Waals surface area contributed by atoms with Crippen LogP contribution in [-0.4, -0.2) is 49.5 Å². The molecule has 0 bridgehead atoms. The summed E-state index contributed by atoms with van der Waals surface area (Å²) in [6.45, 7) is 8.00. The fraction of sp³-hybridized carbons (Fsp3) is 0.917. The van der Waals surface area contributed by atoms with Gasteiger partial charge in [-0.15, -0.1) is 0 Å². The Labute approximate surface area is 114 Å². The van der Waals surface area contributed by atoms with Gasteiger partial charge in [0.1, 0.15) is 0 Å². The summed E-state index contributed by atoms with van der Waals surface area (Å²) in [6, 6.07) is -0.273. The summed E-state index contributed by atoms with van der Waals surface area (Å²) in [5, 5.41) is 9.28. The second-order valence-electron chi connectivity index (χ2n) is 6.27. The van der Waals surface area contributed by atoms with Crippen molar-refractivity contribution in [2.45, 2.75) is 46.3 Å². The molecule has 3 unspecified atom stereocenters. The molecule has 0 aromatic heterocycles. The van der Waals surface area contributed by atoms with Crippen molar-refractivity contribution >= 4 is 16.2 Å². The Morgan fingerprint density at radius 1 is 1.37 bits per heavy atom. The van der Waals surface area contributed by atoms with E-state index in [0.717, 1.165) is 6.26 Å². The Morgan fingerprint density at radius 2 is 1.89 bits per heavy atom. The minimum absolute atomic E-state index is 0.181. The Hall–Kier alpha value is -0.820. The predicted octanol–water partition coefficient (Wildman–Crippen LogP) is 1.77. The van der Waals surface area contributed by atoms with Gasteiger partial charge in [0, 0.05) is 18.5 Å². The van der Waals surface area contributed by atoms with Crippen LogP contribution in [0.5, 0.6) is 0 Å². The molecule has 0 aromatic rings. The van der Waals surface area contributed by atoms with Crippen molar-refractivity contribution in [3.63, 3.8) is 0 Å². The van der Waals surface area contributed by atoms with E-state index in [2.05, 4.69) is 0 Å². The first-order chi connectivity index (χ1) is 8.43. The highest BCUT2D eigenvalue weighted by Gasteiger charge is 2.45. The van der Waals surface area contributed by atoms with Gasteiger partial charge >= 0.3 is 6.09 Å². The summed E-state index contributed by atoms with van der Waals surface area (Å²) in [4.78, 5) is 12.7. The highest BCUT2D eigenvalue weighted by Crippen LogP contribution is 2.37. The van der Waals surface area contributed by atoms with Crippen molar-refractivity contribution in [1.29, 1.82) is 0 Å². The first kappa shape index (κ1) is 16.2. The maximum absolute atomic E-state index is 11.3. The third-order valence-corrected chi connectivity index (χ3v) is 4.10. The van der Waals surface area contributed by atoms with Crippen molar-refractivity contribution < 1.29 is 22.5 Å². The Bertz CT molecular complexity index is 440. The number of likely N-dealkylation sites (tertiary alicyclic amines) is 1. The fourth-order valence-electron chi connectivity index (χ4n) is 2.99. The van der Waals surface area contributed by atoms with Crippen molar-refractivity contribution in [2.24, 2.45) is 11.3 Å². The van der Waals surface area contributed by atoms with Gasteiger partial charge in [-0.2, -0.15) is 8.42 Å². The van der Waals surface area contributed by atoms with Gasteiger partial charge in [0.05, 0.1) is 12.4 Å². The van der Waals surface area contributed by atoms with Gasteiger partial charge in [-0.25, -0.2) is 4.79 Å². The molecule has 1 saturated heterocycles. The molecule has 6 nitrogen and oxygen atoms in total. The predicted molar refractivity (Wildman–Crippen MR) is 71.5 cm³/mol. The first-order valence-electron chi connectivity index (χ1n) is 6.31. The smallest absolute Gasteiger partial charge is 0.407 e. The lowest BCUT2D eigenvalue weighted by Gasteiger charge is -2.48. The lowest BCUT2D eigenvalue weighted by Crippen LogP contribution is -2.58. The van der Waals surface area contributed by atoms with E-state index in [9.17, 15) is 18.3 Å². The molecular formula is C12H23NO5S. The minimum Gasteiger partial charge on any atom is -0.465 e. The number of amides is 1. The molecule has 19 heavy (non-hydrogen) atoms. The van der Waals surface area contributed by atoms with Gasteiger partial charge in [0.15, 0.2) is 0 Å². The molecule has 1 N–H and O–H groups in total. The largest absolute Gasteiger partial charge is 0.465 e. The first-order valence-corrected chi connectivity index (χ1v) is 8.13. The molecule has 3 atom stereocenters. The summed E-state index contributed by atoms with van der Waals surface area (Å²) in [6.07, 6.45) is -0.0120. The Balaban J connectivity index is 3.01. The maximum Gasteiger partial charge on any atom is 0.407 e. The van der Waals surface area contributed by atoms with Crippen molar-refractivity contribution in [3.05, 3.63) is 0 Å². The van der Waals surface area contributed by atoms with Crippen LogP contribution in [-0.2, 0) is 14.3 Å². The zero-order valence-electron chi connectivity index (χ0n) is 12.1. The molecule has 1 aliphatic rings. The summed E-state index contributed by atoms with van der Waals surface area (Å²) in [5.41, 5.74) is -0.280. The van der Waals surface area contributed by atoms with Crippen LogP contribution in [0.4, 0.5) is 4.79 Å². The van der Waals surface area contributed by atoms with Gasteiger partial charge in [-0.3, -0.25) is 4.18 Å². The zero-order chi connectivity index (χ0) is 15.0. The molecule has 7 heteroatoms. The topological polar surface area (TPSA) is 83.9 Å². The number of nitrogens with zero attached hydrogens (tertiary/aromatic N) is 1. The quantitative estimate of drug-likeness (QED) is 0.784. The molecule has 1 fully saturated rings. The molecule has 1 amide bonds. The molecule has 1 aliphatic heterocycles. The van der Waals surface area contributed by atoms with Crippen molar-refractivity contribution in [2.75, 3.05) is 12.8 Å². The van der Waals surface area contributed by atoms with Crippen LogP contribution in [0.2, 0.25) is 0 Å². The van der Waals surface area contributed by atoms with Crippen LogP contribution in [0, 0.1) is 11.3 Å². The molecule has 1 rings (SSSR count). The molecule has 0 radical (unpaired) electrons. The third-order valence-electron chi connectivity index (χ3n) is 3.51. The van der Waals surface area contributed by atoms with Crippen LogP contribution in [0.3, 0.4) is 0 Å². The van der Waals surface area contributed by atoms with E-state index < -0.39 is 22.3 Å². The van der Waals surface area contributed by atoms with Crippen LogP contribution in [0.1, 0.15) is 34.1 Å². The lowest BCUT2D eigenvalue weighted by atomic mass is 9.74. The molecule has 0 saturated carbocycles. The van der Waals surface area contributed by atoms with E-state index in [1.165, 1.54) is 4.90 Å². The van der Waals surface area contributed by atoms with Crippen LogP contribution >= 0.6 is 0 Å². The van der Waals surface area contributed by atoms with Gasteiger partial charge < -0.3 is 10.0 Å². The number of rotatable bonds is 2. The summed E-state index contributed by atoms with van der Waals surface area (Å²) in [7, 11) is -3.53. The second-order valence-corrected chi connectivity index (χ2v) is 7.87. The number of hydrogen-bond acceptors (Lipinski definition) is 4. The maximum atomic E-state index is 11.3. The number of carbonyl (C=O) groups is 1. The molecule has 0 aliphatic carbocycles.